The number of amides is 3. The van der Waals surface area contributed by atoms with E-state index in [-0.39, 0.29) is 41.0 Å². The number of nitrogens with zero attached hydrogens (tertiary/aromatic N) is 3. The number of phenols is 1. The summed E-state index contributed by atoms with van der Waals surface area (Å²) >= 11 is 6.56. The predicted molar refractivity (Wildman–Crippen MR) is 190 cm³/mol. The van der Waals surface area contributed by atoms with Gasteiger partial charge >= 0.3 is 6.03 Å². The van der Waals surface area contributed by atoms with Crippen molar-refractivity contribution in [1.29, 1.82) is 0 Å². The summed E-state index contributed by atoms with van der Waals surface area (Å²) in [5.74, 6) is 0.556. The monoisotopic (exact) mass is 682 g/mol. The van der Waals surface area contributed by atoms with Crippen LogP contribution in [-0.4, -0.2) is 38.4 Å². The molecule has 5 aromatic rings. The van der Waals surface area contributed by atoms with Gasteiger partial charge in [0.15, 0.2) is 0 Å². The van der Waals surface area contributed by atoms with E-state index in [0.29, 0.717) is 28.5 Å². The first-order valence-corrected chi connectivity index (χ1v) is 16.0. The van der Waals surface area contributed by atoms with Gasteiger partial charge in [-0.25, -0.2) is 9.48 Å². The SMILES string of the molecule is CNC(=O)c1ccc(C)c(-n2c(C)cc(OCc3ccccc3CNC(=O)Nc3cc(C(C)(C)C)nn3-c3ccc(O)cc3)c(Cl)c2=O)c1. The van der Waals surface area contributed by atoms with Crippen LogP contribution in [0.3, 0.4) is 0 Å². The minimum atomic E-state index is -0.471. The third kappa shape index (κ3) is 7.79. The molecule has 3 aromatic carbocycles. The first kappa shape index (κ1) is 34.8. The number of carbonyl (C=O) groups is 2. The maximum Gasteiger partial charge on any atom is 0.320 e. The summed E-state index contributed by atoms with van der Waals surface area (Å²) in [4.78, 5) is 38.9. The summed E-state index contributed by atoms with van der Waals surface area (Å²) in [6.45, 7) is 10.0. The van der Waals surface area contributed by atoms with E-state index in [2.05, 4.69) is 16.0 Å². The number of carbonyl (C=O) groups excluding carboxylic acids is 2. The lowest BCUT2D eigenvalue weighted by Gasteiger charge is -2.17. The van der Waals surface area contributed by atoms with Crippen LogP contribution < -0.4 is 26.2 Å². The summed E-state index contributed by atoms with van der Waals surface area (Å²) in [6, 6.07) is 22.2. The lowest BCUT2D eigenvalue weighted by molar-refractivity contribution is 0.0963. The average Bonchev–Trinajstić information content (AvgIpc) is 3.50. The Kier molecular flexibility index (Phi) is 10.1. The van der Waals surface area contributed by atoms with Gasteiger partial charge in [-0.05, 0) is 66.9 Å². The Morgan fingerprint density at radius 2 is 1.65 bits per heavy atom. The molecule has 0 bridgehead atoms. The number of ether oxygens (including phenoxy) is 1. The van der Waals surface area contributed by atoms with Crippen LogP contribution in [0, 0.1) is 13.8 Å². The fourth-order valence-electron chi connectivity index (χ4n) is 5.21. The summed E-state index contributed by atoms with van der Waals surface area (Å²) in [5, 5.41) is 22.8. The molecule has 0 saturated heterocycles. The smallest absolute Gasteiger partial charge is 0.320 e. The molecule has 254 valence electrons. The molecule has 49 heavy (non-hydrogen) atoms. The Labute approximate surface area is 289 Å². The third-order valence-corrected chi connectivity index (χ3v) is 8.34. The van der Waals surface area contributed by atoms with Gasteiger partial charge in [-0.1, -0.05) is 62.7 Å². The zero-order valence-corrected chi connectivity index (χ0v) is 29.0. The Morgan fingerprint density at radius 1 is 0.959 bits per heavy atom. The van der Waals surface area contributed by atoms with E-state index in [9.17, 15) is 19.5 Å². The van der Waals surface area contributed by atoms with Gasteiger partial charge in [-0.2, -0.15) is 5.10 Å². The van der Waals surface area contributed by atoms with Crippen LogP contribution >= 0.6 is 11.6 Å². The molecule has 0 radical (unpaired) electrons. The van der Waals surface area contributed by atoms with E-state index in [1.807, 2.05) is 58.0 Å². The van der Waals surface area contributed by atoms with Crippen molar-refractivity contribution in [2.45, 2.75) is 53.2 Å². The molecule has 0 fully saturated rings. The van der Waals surface area contributed by atoms with E-state index in [0.717, 1.165) is 22.4 Å². The Morgan fingerprint density at radius 3 is 2.33 bits per heavy atom. The van der Waals surface area contributed by atoms with Gasteiger partial charge in [0.05, 0.1) is 17.1 Å². The third-order valence-electron chi connectivity index (χ3n) is 7.99. The van der Waals surface area contributed by atoms with Gasteiger partial charge in [0, 0.05) is 42.4 Å². The zero-order chi connectivity index (χ0) is 35.5. The molecule has 12 heteroatoms. The number of anilines is 1. The molecule has 0 unspecified atom stereocenters. The second-order valence-corrected chi connectivity index (χ2v) is 13.0. The van der Waals surface area contributed by atoms with Crippen LogP contribution in [0.15, 0.2) is 83.7 Å². The minimum absolute atomic E-state index is 0.0924. The van der Waals surface area contributed by atoms with E-state index in [1.165, 1.54) is 4.57 Å². The number of phenolic OH excluding ortho intramolecular Hbond substituents is 1. The number of nitrogens with one attached hydrogen (secondary N) is 3. The standard InChI is InChI=1S/C37H39ClN6O5/c1-22-11-12-24(34(46)39-6)18-29(22)43-23(2)17-30(33(38)35(43)47)49-21-26-10-8-7-9-25(26)20-40-36(48)41-32-19-31(37(3,4)5)42-44(32)27-13-15-28(45)16-14-27/h7-19,45H,20-21H2,1-6H3,(H,39,46)(H2,40,41,48). The molecular formula is C37H39ClN6O5. The highest BCUT2D eigenvalue weighted by Gasteiger charge is 2.22. The zero-order valence-electron chi connectivity index (χ0n) is 28.2. The van der Waals surface area contributed by atoms with Crippen LogP contribution in [0.25, 0.3) is 11.4 Å². The van der Waals surface area contributed by atoms with Crippen LogP contribution in [-0.2, 0) is 18.6 Å². The maximum absolute atomic E-state index is 13.5. The van der Waals surface area contributed by atoms with Crippen LogP contribution in [0.4, 0.5) is 10.6 Å². The molecular weight excluding hydrogens is 644 g/mol. The largest absolute Gasteiger partial charge is 0.508 e. The van der Waals surface area contributed by atoms with E-state index in [1.54, 1.807) is 67.2 Å². The fourth-order valence-corrected chi connectivity index (χ4v) is 5.40. The van der Waals surface area contributed by atoms with Gasteiger partial charge in [0.2, 0.25) is 0 Å². The highest BCUT2D eigenvalue weighted by molar-refractivity contribution is 6.31. The van der Waals surface area contributed by atoms with Crippen molar-refractivity contribution < 1.29 is 19.4 Å². The van der Waals surface area contributed by atoms with Crippen molar-refractivity contribution in [3.05, 3.63) is 128 Å². The van der Waals surface area contributed by atoms with Crippen molar-refractivity contribution in [2.24, 2.45) is 0 Å². The van der Waals surface area contributed by atoms with Gasteiger partial charge in [0.1, 0.15) is 28.9 Å². The number of benzene rings is 3. The molecule has 11 nitrogen and oxygen atoms in total. The first-order valence-electron chi connectivity index (χ1n) is 15.7. The van der Waals surface area contributed by atoms with E-state index in [4.69, 9.17) is 21.4 Å². The summed E-state index contributed by atoms with van der Waals surface area (Å²) in [5.41, 5.74) is 4.67. The Bertz CT molecular complexity index is 2080. The molecule has 0 atom stereocenters. The second-order valence-electron chi connectivity index (χ2n) is 12.6. The molecule has 0 aliphatic rings. The maximum atomic E-state index is 13.5. The summed E-state index contributed by atoms with van der Waals surface area (Å²) < 4.78 is 9.16. The lowest BCUT2D eigenvalue weighted by Crippen LogP contribution is -2.29. The molecule has 0 aliphatic heterocycles. The second kappa shape index (κ2) is 14.3. The molecule has 5 rings (SSSR count). The summed E-state index contributed by atoms with van der Waals surface area (Å²) in [6.07, 6.45) is 0. The van der Waals surface area contributed by atoms with Gasteiger partial charge in [-0.3, -0.25) is 19.5 Å². The molecule has 0 saturated carbocycles. The van der Waals surface area contributed by atoms with Gasteiger partial charge < -0.3 is 20.5 Å². The highest BCUT2D eigenvalue weighted by atomic mass is 35.5. The van der Waals surface area contributed by atoms with Crippen molar-refractivity contribution in [3.63, 3.8) is 0 Å². The molecule has 3 amide bonds. The fraction of sp³-hybridized carbons (Fsp3) is 0.243. The lowest BCUT2D eigenvalue weighted by atomic mass is 9.92. The molecule has 2 heterocycles. The Hall–Kier alpha value is -5.55. The minimum Gasteiger partial charge on any atom is -0.508 e. The van der Waals surface area contributed by atoms with E-state index >= 15 is 0 Å². The summed E-state index contributed by atoms with van der Waals surface area (Å²) in [7, 11) is 1.55. The van der Waals surface area contributed by atoms with Crippen molar-refractivity contribution in [3.8, 4) is 22.9 Å². The van der Waals surface area contributed by atoms with Crippen molar-refractivity contribution in [1.82, 2.24) is 25.0 Å². The highest BCUT2D eigenvalue weighted by Crippen LogP contribution is 2.28. The molecule has 2 aromatic heterocycles. The van der Waals surface area contributed by atoms with Crippen LogP contribution in [0.5, 0.6) is 11.5 Å². The number of hydrogen-bond donors (Lipinski definition) is 4. The first-order chi connectivity index (χ1) is 23.3. The average molecular weight is 683 g/mol. The van der Waals surface area contributed by atoms with E-state index < -0.39 is 11.6 Å². The molecule has 0 spiro atoms. The number of rotatable bonds is 9. The Balaban J connectivity index is 1.31. The number of aromatic nitrogens is 3. The molecule has 4 N–H and O–H groups in total. The number of urea groups is 1. The number of aryl methyl sites for hydroxylation is 2. The normalized spacial score (nSPS) is 11.2. The van der Waals surface area contributed by atoms with Crippen molar-refractivity contribution >= 4 is 29.4 Å². The van der Waals surface area contributed by atoms with Crippen LogP contribution in [0.2, 0.25) is 5.02 Å². The quantitative estimate of drug-likeness (QED) is 0.139. The number of hydrogen-bond acceptors (Lipinski definition) is 6. The topological polar surface area (TPSA) is 140 Å². The van der Waals surface area contributed by atoms with Crippen LogP contribution in [0.1, 0.15) is 59.2 Å². The molecule has 0 aliphatic carbocycles. The van der Waals surface area contributed by atoms with Gasteiger partial charge in [0.25, 0.3) is 11.5 Å². The number of halogens is 1. The van der Waals surface area contributed by atoms with Crippen molar-refractivity contribution in [2.75, 3.05) is 12.4 Å². The number of pyridine rings is 1. The predicted octanol–water partition coefficient (Wildman–Crippen LogP) is 6.56. The van der Waals surface area contributed by atoms with Gasteiger partial charge in [-0.15, -0.1) is 0 Å². The number of aromatic hydroxyl groups is 1.